The number of H-pyrrole nitrogens is 2. The van der Waals surface area contributed by atoms with E-state index in [1.54, 1.807) is 6.20 Å². The molecule has 0 aliphatic carbocycles. The van der Waals surface area contributed by atoms with E-state index in [1.807, 2.05) is 0 Å². The van der Waals surface area contributed by atoms with Crippen molar-refractivity contribution in [2.24, 2.45) is 0 Å². The highest BCUT2D eigenvalue weighted by Crippen LogP contribution is 2.12. The van der Waals surface area contributed by atoms with Crippen molar-refractivity contribution in [2.75, 3.05) is 0 Å². The summed E-state index contributed by atoms with van der Waals surface area (Å²) in [5.74, 6) is -1.24. The fourth-order valence-corrected chi connectivity index (χ4v) is 1.21. The van der Waals surface area contributed by atoms with E-state index in [1.165, 1.54) is 18.3 Å². The summed E-state index contributed by atoms with van der Waals surface area (Å²) in [5, 5.41) is 15.0. The number of hydrogen-bond acceptors (Lipinski definition) is 3. The molecule has 15 heavy (non-hydrogen) atoms. The molecule has 0 bridgehead atoms. The van der Waals surface area contributed by atoms with Gasteiger partial charge >= 0.3 is 5.97 Å². The van der Waals surface area contributed by atoms with Crippen LogP contribution in [0.3, 0.4) is 0 Å². The van der Waals surface area contributed by atoms with Crippen molar-refractivity contribution in [1.29, 1.82) is 0 Å². The van der Waals surface area contributed by atoms with E-state index in [0.29, 0.717) is 11.3 Å². The van der Waals surface area contributed by atoms with E-state index < -0.39 is 11.5 Å². The van der Waals surface area contributed by atoms with Gasteiger partial charge in [-0.3, -0.25) is 9.89 Å². The Labute approximate surface area is 83.6 Å². The SMILES string of the molecule is O=C(O)c1ccc(-c2cn[nH]c2)[nH]c1=O. The topological polar surface area (TPSA) is 98.8 Å². The number of hydrogen-bond donors (Lipinski definition) is 3. The minimum absolute atomic E-state index is 0.276. The largest absolute Gasteiger partial charge is 0.477 e. The van der Waals surface area contributed by atoms with Crippen molar-refractivity contribution in [3.05, 3.63) is 40.4 Å². The van der Waals surface area contributed by atoms with Crippen molar-refractivity contribution in [3.63, 3.8) is 0 Å². The molecule has 2 heterocycles. The van der Waals surface area contributed by atoms with Crippen LogP contribution in [0.15, 0.2) is 29.3 Å². The first-order valence-corrected chi connectivity index (χ1v) is 4.14. The number of aromatic carboxylic acids is 1. The first-order valence-electron chi connectivity index (χ1n) is 4.14. The van der Waals surface area contributed by atoms with E-state index in [4.69, 9.17) is 5.11 Å². The first-order chi connectivity index (χ1) is 7.18. The number of carbonyl (C=O) groups is 1. The standard InChI is InChI=1S/C9H7N3O3/c13-8-6(9(14)15)1-2-7(12-8)5-3-10-11-4-5/h1-4H,(H,10,11)(H,12,13)(H,14,15). The highest BCUT2D eigenvalue weighted by atomic mass is 16.4. The lowest BCUT2D eigenvalue weighted by molar-refractivity contribution is 0.0695. The molecule has 2 rings (SSSR count). The molecule has 6 heteroatoms. The molecule has 0 aliphatic rings. The van der Waals surface area contributed by atoms with Crippen LogP contribution in [0.2, 0.25) is 0 Å². The summed E-state index contributed by atoms with van der Waals surface area (Å²) < 4.78 is 0. The third kappa shape index (κ3) is 1.64. The van der Waals surface area contributed by atoms with E-state index in [2.05, 4.69) is 15.2 Å². The Hall–Kier alpha value is -2.37. The zero-order chi connectivity index (χ0) is 10.8. The van der Waals surface area contributed by atoms with Crippen LogP contribution in [-0.2, 0) is 0 Å². The van der Waals surface area contributed by atoms with Gasteiger partial charge in [-0.15, -0.1) is 0 Å². The number of aromatic amines is 2. The lowest BCUT2D eigenvalue weighted by Crippen LogP contribution is -2.17. The van der Waals surface area contributed by atoms with Crippen LogP contribution in [0.1, 0.15) is 10.4 Å². The molecule has 0 fully saturated rings. The third-order valence-corrected chi connectivity index (χ3v) is 1.95. The van der Waals surface area contributed by atoms with Gasteiger partial charge in [-0.05, 0) is 12.1 Å². The van der Waals surface area contributed by atoms with E-state index >= 15 is 0 Å². The Balaban J connectivity index is 2.52. The predicted molar refractivity (Wildman–Crippen MR) is 51.6 cm³/mol. The molecular weight excluding hydrogens is 198 g/mol. The van der Waals surface area contributed by atoms with Crippen LogP contribution in [0.4, 0.5) is 0 Å². The second kappa shape index (κ2) is 3.41. The molecule has 2 aromatic heterocycles. The zero-order valence-electron chi connectivity index (χ0n) is 7.52. The average molecular weight is 205 g/mol. The first kappa shape index (κ1) is 9.20. The second-order valence-corrected chi connectivity index (χ2v) is 2.91. The lowest BCUT2D eigenvalue weighted by Gasteiger charge is -1.97. The summed E-state index contributed by atoms with van der Waals surface area (Å²) in [6.07, 6.45) is 3.14. The van der Waals surface area contributed by atoms with Gasteiger partial charge in [-0.1, -0.05) is 0 Å². The normalized spacial score (nSPS) is 10.1. The maximum absolute atomic E-state index is 11.3. The molecule has 0 aromatic carbocycles. The third-order valence-electron chi connectivity index (χ3n) is 1.95. The minimum atomic E-state index is -1.24. The molecule has 0 atom stereocenters. The summed E-state index contributed by atoms with van der Waals surface area (Å²) >= 11 is 0. The number of aromatic nitrogens is 3. The van der Waals surface area contributed by atoms with E-state index in [9.17, 15) is 9.59 Å². The smallest absolute Gasteiger partial charge is 0.341 e. The lowest BCUT2D eigenvalue weighted by atomic mass is 10.2. The van der Waals surface area contributed by atoms with Crippen molar-refractivity contribution in [1.82, 2.24) is 15.2 Å². The number of carboxylic acid groups (broad SMARTS) is 1. The summed E-state index contributed by atoms with van der Waals surface area (Å²) in [7, 11) is 0. The molecule has 0 radical (unpaired) electrons. The highest BCUT2D eigenvalue weighted by molar-refractivity contribution is 5.87. The fourth-order valence-electron chi connectivity index (χ4n) is 1.21. The monoisotopic (exact) mass is 205 g/mol. The molecular formula is C9H7N3O3. The highest BCUT2D eigenvalue weighted by Gasteiger charge is 2.09. The molecule has 0 unspecified atom stereocenters. The van der Waals surface area contributed by atoms with Crippen molar-refractivity contribution in [2.45, 2.75) is 0 Å². The minimum Gasteiger partial charge on any atom is -0.477 e. The molecule has 2 aromatic rings. The van der Waals surface area contributed by atoms with Gasteiger partial charge < -0.3 is 10.1 Å². The molecule has 0 saturated heterocycles. The van der Waals surface area contributed by atoms with Crippen LogP contribution in [0.25, 0.3) is 11.3 Å². The quantitative estimate of drug-likeness (QED) is 0.663. The zero-order valence-corrected chi connectivity index (χ0v) is 7.52. The number of rotatable bonds is 2. The molecule has 0 amide bonds. The van der Waals surface area contributed by atoms with Gasteiger partial charge in [0.15, 0.2) is 0 Å². The molecule has 76 valence electrons. The number of pyridine rings is 1. The van der Waals surface area contributed by atoms with Gasteiger partial charge in [0.1, 0.15) is 5.56 Å². The molecule has 0 saturated carbocycles. The molecule has 6 nitrogen and oxygen atoms in total. The maximum Gasteiger partial charge on any atom is 0.341 e. The van der Waals surface area contributed by atoms with Crippen molar-refractivity contribution < 1.29 is 9.90 Å². The van der Waals surface area contributed by atoms with Crippen LogP contribution in [0, 0.1) is 0 Å². The Kier molecular flexibility index (Phi) is 2.09. The second-order valence-electron chi connectivity index (χ2n) is 2.91. The van der Waals surface area contributed by atoms with Gasteiger partial charge in [0.2, 0.25) is 0 Å². The van der Waals surface area contributed by atoms with Crippen LogP contribution in [-0.4, -0.2) is 26.3 Å². The molecule has 0 aliphatic heterocycles. The summed E-state index contributed by atoms with van der Waals surface area (Å²) in [6.45, 7) is 0. The van der Waals surface area contributed by atoms with Crippen LogP contribution in [0.5, 0.6) is 0 Å². The molecule has 3 N–H and O–H groups in total. The Bertz CT molecular complexity index is 542. The van der Waals surface area contributed by atoms with Crippen molar-refractivity contribution in [3.8, 4) is 11.3 Å². The van der Waals surface area contributed by atoms with Gasteiger partial charge in [-0.2, -0.15) is 5.10 Å². The van der Waals surface area contributed by atoms with Crippen LogP contribution >= 0.6 is 0 Å². The summed E-state index contributed by atoms with van der Waals surface area (Å²) in [6, 6.07) is 2.79. The molecule has 0 spiro atoms. The predicted octanol–water partition coefficient (Wildman–Crippen LogP) is 0.463. The number of nitrogens with zero attached hydrogens (tertiary/aromatic N) is 1. The summed E-state index contributed by atoms with van der Waals surface area (Å²) in [5.41, 5.74) is 0.325. The Morgan fingerprint density at radius 1 is 1.40 bits per heavy atom. The maximum atomic E-state index is 11.3. The summed E-state index contributed by atoms with van der Waals surface area (Å²) in [4.78, 5) is 24.4. The van der Waals surface area contributed by atoms with Gasteiger partial charge in [0.25, 0.3) is 5.56 Å². The van der Waals surface area contributed by atoms with Crippen molar-refractivity contribution >= 4 is 5.97 Å². The Morgan fingerprint density at radius 2 is 2.20 bits per heavy atom. The van der Waals surface area contributed by atoms with Crippen LogP contribution < -0.4 is 5.56 Å². The fraction of sp³-hybridized carbons (Fsp3) is 0. The van der Waals surface area contributed by atoms with Gasteiger partial charge in [0.05, 0.1) is 11.9 Å². The van der Waals surface area contributed by atoms with Gasteiger partial charge in [-0.25, -0.2) is 4.79 Å². The average Bonchev–Trinajstić information content (AvgIpc) is 2.69. The Morgan fingerprint density at radius 3 is 2.73 bits per heavy atom. The van der Waals surface area contributed by atoms with E-state index in [-0.39, 0.29) is 5.56 Å². The number of carboxylic acids is 1. The number of nitrogens with one attached hydrogen (secondary N) is 2. The van der Waals surface area contributed by atoms with E-state index in [0.717, 1.165) is 0 Å². The van der Waals surface area contributed by atoms with Gasteiger partial charge in [0, 0.05) is 11.8 Å².